The second-order valence-corrected chi connectivity index (χ2v) is 9.32. The molecule has 0 unspecified atom stereocenters. The van der Waals surface area contributed by atoms with Gasteiger partial charge in [0, 0.05) is 42.2 Å². The molecule has 0 aromatic carbocycles. The smallest absolute Gasteiger partial charge is 0.227 e. The molecule has 3 saturated heterocycles. The highest BCUT2D eigenvalue weighted by Gasteiger charge is 2.40. The van der Waals surface area contributed by atoms with E-state index in [0.29, 0.717) is 12.5 Å². The van der Waals surface area contributed by atoms with E-state index in [0.717, 1.165) is 49.6 Å². The Morgan fingerprint density at radius 3 is 2.81 bits per heavy atom. The monoisotopic (exact) mass is 373 g/mol. The van der Waals surface area contributed by atoms with Gasteiger partial charge in [0.15, 0.2) is 0 Å². The van der Waals surface area contributed by atoms with Crippen LogP contribution in [0.3, 0.4) is 0 Å². The topological polar surface area (TPSA) is 65.1 Å². The molecule has 26 heavy (non-hydrogen) atoms. The van der Waals surface area contributed by atoms with Gasteiger partial charge in [0.1, 0.15) is 0 Å². The summed E-state index contributed by atoms with van der Waals surface area (Å²) >= 11 is 1.59. The van der Waals surface area contributed by atoms with Crippen LogP contribution in [0.5, 0.6) is 0 Å². The van der Waals surface area contributed by atoms with Crippen molar-refractivity contribution in [1.82, 2.24) is 25.0 Å². The van der Waals surface area contributed by atoms with E-state index in [1.807, 2.05) is 10.9 Å². The van der Waals surface area contributed by atoms with E-state index in [9.17, 15) is 4.79 Å². The normalized spacial score (nSPS) is 24.3. The molecule has 5 heterocycles. The van der Waals surface area contributed by atoms with Crippen LogP contribution in [0.1, 0.15) is 50.7 Å². The number of rotatable bonds is 4. The molecule has 0 aliphatic carbocycles. The largest absolute Gasteiger partial charge is 0.332 e. The lowest BCUT2D eigenvalue weighted by atomic mass is 9.92. The van der Waals surface area contributed by atoms with E-state index in [4.69, 9.17) is 0 Å². The van der Waals surface area contributed by atoms with Gasteiger partial charge in [-0.1, -0.05) is 20.8 Å². The molecule has 1 amide bonds. The van der Waals surface area contributed by atoms with Crippen LogP contribution in [0.15, 0.2) is 17.0 Å². The zero-order chi connectivity index (χ0) is 18.3. The number of aromatic nitrogens is 3. The number of hydrogen-bond acceptors (Lipinski definition) is 5. The molecule has 2 aromatic heterocycles. The van der Waals surface area contributed by atoms with E-state index in [2.05, 4.69) is 51.8 Å². The van der Waals surface area contributed by atoms with Crippen LogP contribution < -0.4 is 0 Å². The van der Waals surface area contributed by atoms with Gasteiger partial charge in [-0.3, -0.25) is 14.8 Å². The third kappa shape index (κ3) is 3.55. The summed E-state index contributed by atoms with van der Waals surface area (Å²) in [6.45, 7) is 9.77. The summed E-state index contributed by atoms with van der Waals surface area (Å²) in [6.07, 6.45) is 2.09. The Hall–Kier alpha value is -1.73. The van der Waals surface area contributed by atoms with Gasteiger partial charge in [0.05, 0.1) is 29.4 Å². The number of fused-ring (bicyclic) bond motifs is 4. The number of piperidine rings is 1. The highest BCUT2D eigenvalue weighted by atomic mass is 32.1. The van der Waals surface area contributed by atoms with Crippen LogP contribution in [-0.4, -0.2) is 50.0 Å². The molecule has 140 valence electrons. The van der Waals surface area contributed by atoms with E-state index in [-0.39, 0.29) is 17.4 Å². The van der Waals surface area contributed by atoms with Gasteiger partial charge >= 0.3 is 0 Å². The number of hydrogen-bond donors (Lipinski definition) is 1. The summed E-state index contributed by atoms with van der Waals surface area (Å²) in [5.74, 6) is 0.411. The fourth-order valence-corrected chi connectivity index (χ4v) is 4.57. The Labute approximate surface area is 158 Å². The third-order valence-electron chi connectivity index (χ3n) is 5.48. The Morgan fingerprint density at radius 1 is 1.27 bits per heavy atom. The summed E-state index contributed by atoms with van der Waals surface area (Å²) in [6, 6.07) is 2.45. The van der Waals surface area contributed by atoms with Gasteiger partial charge < -0.3 is 4.90 Å². The van der Waals surface area contributed by atoms with E-state index in [1.54, 1.807) is 11.3 Å². The standard InChI is InChI=1S/C19H27N5OS/c1-19(2,3)17-6-14(21-22-17)8-23-7-13-4-5-16(10-23)24(18(13)25)9-15-11-26-12-20-15/h6,11-13,16H,4-5,7-10H2,1-3H3,(H,21,22)/t13-,16+/m0/s1. The van der Waals surface area contributed by atoms with Gasteiger partial charge in [0.2, 0.25) is 5.91 Å². The zero-order valence-electron chi connectivity index (χ0n) is 15.7. The van der Waals surface area contributed by atoms with Crippen molar-refractivity contribution in [3.63, 3.8) is 0 Å². The van der Waals surface area contributed by atoms with Crippen molar-refractivity contribution in [2.45, 2.75) is 58.2 Å². The summed E-state index contributed by atoms with van der Waals surface area (Å²) < 4.78 is 0. The van der Waals surface area contributed by atoms with Crippen molar-refractivity contribution < 1.29 is 4.79 Å². The summed E-state index contributed by atoms with van der Waals surface area (Å²) in [7, 11) is 0. The Bertz CT molecular complexity index is 763. The maximum atomic E-state index is 12.9. The molecule has 6 nitrogen and oxygen atoms in total. The van der Waals surface area contributed by atoms with E-state index < -0.39 is 0 Å². The minimum Gasteiger partial charge on any atom is -0.332 e. The molecule has 0 spiro atoms. The van der Waals surface area contributed by atoms with E-state index >= 15 is 0 Å². The van der Waals surface area contributed by atoms with Crippen LogP contribution in [0.25, 0.3) is 0 Å². The van der Waals surface area contributed by atoms with Crippen LogP contribution >= 0.6 is 11.3 Å². The van der Waals surface area contributed by atoms with Crippen molar-refractivity contribution in [1.29, 1.82) is 0 Å². The van der Waals surface area contributed by atoms with Crippen LogP contribution in [0, 0.1) is 5.92 Å². The molecule has 2 bridgehead atoms. The fraction of sp³-hybridized carbons (Fsp3) is 0.632. The lowest BCUT2D eigenvalue weighted by Gasteiger charge is -2.35. The van der Waals surface area contributed by atoms with Crippen molar-refractivity contribution >= 4 is 17.2 Å². The van der Waals surface area contributed by atoms with Gasteiger partial charge in [-0.15, -0.1) is 11.3 Å². The molecule has 3 aliphatic heterocycles. The maximum Gasteiger partial charge on any atom is 0.227 e. The predicted molar refractivity (Wildman–Crippen MR) is 102 cm³/mol. The maximum absolute atomic E-state index is 12.9. The van der Waals surface area contributed by atoms with Gasteiger partial charge in [-0.05, 0) is 18.9 Å². The second kappa shape index (κ2) is 6.78. The molecular weight excluding hydrogens is 346 g/mol. The quantitative estimate of drug-likeness (QED) is 0.895. The number of aromatic amines is 1. The summed E-state index contributed by atoms with van der Waals surface area (Å²) in [5, 5.41) is 9.71. The highest BCUT2D eigenvalue weighted by Crippen LogP contribution is 2.31. The number of carbonyl (C=O) groups is 1. The average Bonchev–Trinajstić information content (AvgIpc) is 3.18. The number of amides is 1. The lowest BCUT2D eigenvalue weighted by molar-refractivity contribution is -0.140. The van der Waals surface area contributed by atoms with Crippen molar-refractivity contribution in [3.8, 4) is 0 Å². The second-order valence-electron chi connectivity index (χ2n) is 8.60. The van der Waals surface area contributed by atoms with Crippen LogP contribution in [-0.2, 0) is 23.3 Å². The van der Waals surface area contributed by atoms with Crippen molar-refractivity contribution in [3.05, 3.63) is 34.0 Å². The number of nitrogens with zero attached hydrogens (tertiary/aromatic N) is 4. The van der Waals surface area contributed by atoms with Crippen molar-refractivity contribution in [2.75, 3.05) is 13.1 Å². The molecule has 5 rings (SSSR count). The predicted octanol–water partition coefficient (Wildman–Crippen LogP) is 2.79. The first-order chi connectivity index (χ1) is 12.4. The minimum atomic E-state index is 0.0485. The molecule has 0 saturated carbocycles. The molecular formula is C19H27N5OS. The molecule has 3 aliphatic rings. The minimum absolute atomic E-state index is 0.0485. The summed E-state index contributed by atoms with van der Waals surface area (Å²) in [4.78, 5) is 21.8. The molecule has 0 radical (unpaired) electrons. The molecule has 2 aromatic rings. The molecule has 2 atom stereocenters. The first-order valence-corrected chi connectivity index (χ1v) is 10.3. The Balaban J connectivity index is 1.47. The average molecular weight is 374 g/mol. The SMILES string of the molecule is CC(C)(C)c1cc(CN2C[C@@H]3CC[C@H](C2)N(Cc2cscn2)C3=O)[nH]n1. The summed E-state index contributed by atoms with van der Waals surface area (Å²) in [5.41, 5.74) is 5.12. The van der Waals surface area contributed by atoms with Crippen LogP contribution in [0.4, 0.5) is 0 Å². The number of H-pyrrole nitrogens is 1. The van der Waals surface area contributed by atoms with E-state index in [1.165, 1.54) is 0 Å². The number of thiazole rings is 1. The number of nitrogens with one attached hydrogen (secondary N) is 1. The fourth-order valence-electron chi connectivity index (χ4n) is 4.02. The first-order valence-electron chi connectivity index (χ1n) is 9.35. The van der Waals surface area contributed by atoms with Crippen molar-refractivity contribution in [2.24, 2.45) is 5.92 Å². The molecule has 1 N–H and O–H groups in total. The Kier molecular flexibility index (Phi) is 4.61. The van der Waals surface area contributed by atoms with Gasteiger partial charge in [-0.25, -0.2) is 4.98 Å². The Morgan fingerprint density at radius 2 is 2.12 bits per heavy atom. The zero-order valence-corrected chi connectivity index (χ0v) is 16.6. The molecule has 3 fully saturated rings. The molecule has 7 heteroatoms. The van der Waals surface area contributed by atoms with Crippen LogP contribution in [0.2, 0.25) is 0 Å². The highest BCUT2D eigenvalue weighted by molar-refractivity contribution is 7.07. The first kappa shape index (κ1) is 17.7. The van der Waals surface area contributed by atoms with Gasteiger partial charge in [-0.2, -0.15) is 5.10 Å². The number of carbonyl (C=O) groups excluding carboxylic acids is 1. The third-order valence-corrected chi connectivity index (χ3v) is 6.11. The lowest BCUT2D eigenvalue weighted by Crippen LogP contribution is -2.47. The van der Waals surface area contributed by atoms with Gasteiger partial charge in [0.25, 0.3) is 0 Å².